The van der Waals surface area contributed by atoms with Gasteiger partial charge in [-0.1, -0.05) is 6.42 Å². The summed E-state index contributed by atoms with van der Waals surface area (Å²) in [5.74, 6) is 0.908. The van der Waals surface area contributed by atoms with Crippen LogP contribution in [0, 0.1) is 11.8 Å². The molecule has 0 amide bonds. The normalized spacial score (nSPS) is 38.9. The summed E-state index contributed by atoms with van der Waals surface area (Å²) in [7, 11) is 2.04. The lowest BCUT2D eigenvalue weighted by Gasteiger charge is -2.38. The van der Waals surface area contributed by atoms with E-state index in [2.05, 4.69) is 30.9 Å². The maximum absolute atomic E-state index is 13.3. The zero-order chi connectivity index (χ0) is 22.0. The second kappa shape index (κ2) is 10.3. The molecule has 3 saturated heterocycles. The minimum Gasteiger partial charge on any atom is -0.382 e. The zero-order valence-corrected chi connectivity index (χ0v) is 19.9. The molecule has 1 saturated carbocycles. The van der Waals surface area contributed by atoms with E-state index in [0.717, 1.165) is 38.8 Å². The summed E-state index contributed by atoms with van der Waals surface area (Å²) < 4.78 is 40.5. The second-order valence-electron chi connectivity index (χ2n) is 9.54. The molecule has 7 atom stereocenters. The molecule has 0 aromatic heterocycles. The highest BCUT2D eigenvalue weighted by Gasteiger charge is 2.44. The Morgan fingerprint density at radius 3 is 2.77 bits per heavy atom. The minimum atomic E-state index is -3.42. The summed E-state index contributed by atoms with van der Waals surface area (Å²) in [6.07, 6.45) is 5.24. The van der Waals surface area contributed by atoms with Crippen molar-refractivity contribution >= 4 is 10.0 Å². The molecule has 4 fully saturated rings. The lowest BCUT2D eigenvalue weighted by atomic mass is 9.82. The quantitative estimate of drug-likeness (QED) is 0.365. The van der Waals surface area contributed by atoms with Gasteiger partial charge < -0.3 is 14.8 Å². The average Bonchev–Trinajstić information content (AvgIpc) is 3.40. The first kappa shape index (κ1) is 23.8. The van der Waals surface area contributed by atoms with Crippen LogP contribution in [0.5, 0.6) is 0 Å². The molecule has 0 radical (unpaired) electrons. The highest BCUT2D eigenvalue weighted by atomic mass is 32.2. The second-order valence-corrected chi connectivity index (χ2v) is 11.5. The van der Waals surface area contributed by atoms with E-state index in [9.17, 15) is 8.42 Å². The molecular weight excluding hydrogens is 420 g/mol. The number of hydrogen-bond donors (Lipinski definition) is 4. The number of ether oxygens (including phenoxy) is 2. The van der Waals surface area contributed by atoms with E-state index in [0.29, 0.717) is 31.5 Å². The Kier molecular flexibility index (Phi) is 7.88. The van der Waals surface area contributed by atoms with Gasteiger partial charge in [-0.15, -0.1) is 0 Å². The molecule has 0 bridgehead atoms. The number of methoxy groups -OCH3 is 2. The Morgan fingerprint density at radius 1 is 1.16 bits per heavy atom. The molecule has 4 N–H and O–H groups in total. The van der Waals surface area contributed by atoms with Crippen LogP contribution in [0.4, 0.5) is 0 Å². The van der Waals surface area contributed by atoms with Crippen molar-refractivity contribution in [3.8, 4) is 0 Å². The van der Waals surface area contributed by atoms with E-state index in [4.69, 9.17) is 9.47 Å². The van der Waals surface area contributed by atoms with Crippen LogP contribution < -0.4 is 20.9 Å². The molecule has 0 aromatic rings. The third-order valence-corrected chi connectivity index (χ3v) is 9.49. The molecule has 0 spiro atoms. The van der Waals surface area contributed by atoms with Crippen LogP contribution in [0.1, 0.15) is 32.1 Å². The molecule has 6 unspecified atom stereocenters. The molecule has 180 valence electrons. The lowest BCUT2D eigenvalue weighted by molar-refractivity contribution is -0.0338. The minimum absolute atomic E-state index is 0.0218. The number of piperidine rings is 1. The van der Waals surface area contributed by atoms with Crippen molar-refractivity contribution in [1.82, 2.24) is 30.9 Å². The first-order valence-electron chi connectivity index (χ1n) is 11.7. The largest absolute Gasteiger partial charge is 0.382 e. The van der Waals surface area contributed by atoms with Gasteiger partial charge in [0.15, 0.2) is 0 Å². The molecule has 0 aromatic carbocycles. The van der Waals surface area contributed by atoms with Crippen molar-refractivity contribution in [2.45, 2.75) is 61.7 Å². The van der Waals surface area contributed by atoms with E-state index in [1.807, 2.05) is 7.05 Å². The van der Waals surface area contributed by atoms with Crippen molar-refractivity contribution in [2.24, 2.45) is 11.8 Å². The predicted molar refractivity (Wildman–Crippen MR) is 118 cm³/mol. The van der Waals surface area contributed by atoms with Crippen LogP contribution in [0.15, 0.2) is 0 Å². The molecule has 3 heterocycles. The number of hydrogen-bond acceptors (Lipinski definition) is 9. The molecule has 4 aliphatic rings. The number of sulfonamides is 1. The van der Waals surface area contributed by atoms with Gasteiger partial charge in [-0.2, -0.15) is 0 Å². The van der Waals surface area contributed by atoms with E-state index >= 15 is 0 Å². The number of nitrogens with one attached hydrogen (secondary N) is 4. The molecule has 11 heteroatoms. The first-order valence-corrected chi connectivity index (χ1v) is 13.2. The number of likely N-dealkylation sites (N-methyl/N-ethyl adjacent to an activating group) is 1. The van der Waals surface area contributed by atoms with E-state index in [1.54, 1.807) is 14.2 Å². The standard InChI is InChI=1S/C20H40N6O4S/c1-25-20-15(10-22-25)5-4-6-17(20)24-31(27,28)16-11-23-26(12-16)19-9-14(7-8-21-19)18(30-3)13-29-2/h14-24H,4-13H2,1-3H3/t14?,15?,16?,17?,18-,19?,20?/m0/s1. The highest BCUT2D eigenvalue weighted by molar-refractivity contribution is 7.90. The van der Waals surface area contributed by atoms with Gasteiger partial charge in [-0.25, -0.2) is 23.2 Å². The first-order chi connectivity index (χ1) is 14.9. The Balaban J connectivity index is 1.34. The van der Waals surface area contributed by atoms with Gasteiger partial charge >= 0.3 is 0 Å². The van der Waals surface area contributed by atoms with Crippen LogP contribution >= 0.6 is 0 Å². The maximum Gasteiger partial charge on any atom is 0.217 e. The molecule has 1 aliphatic carbocycles. The smallest absolute Gasteiger partial charge is 0.217 e. The van der Waals surface area contributed by atoms with E-state index in [-0.39, 0.29) is 24.4 Å². The Hall–Kier alpha value is -0.370. The monoisotopic (exact) mass is 460 g/mol. The fourth-order valence-corrected chi connectivity index (χ4v) is 7.48. The maximum atomic E-state index is 13.3. The summed E-state index contributed by atoms with van der Waals surface area (Å²) in [6.45, 7) is 3.33. The third-order valence-electron chi connectivity index (χ3n) is 7.67. The van der Waals surface area contributed by atoms with E-state index in [1.165, 1.54) is 6.42 Å². The molecule has 4 rings (SSSR count). The summed E-state index contributed by atoms with van der Waals surface area (Å²) >= 11 is 0. The zero-order valence-electron chi connectivity index (χ0n) is 19.0. The van der Waals surface area contributed by atoms with Gasteiger partial charge in [0.2, 0.25) is 10.0 Å². The van der Waals surface area contributed by atoms with Crippen LogP contribution in [0.25, 0.3) is 0 Å². The van der Waals surface area contributed by atoms with Crippen molar-refractivity contribution in [3.63, 3.8) is 0 Å². The summed E-state index contributed by atoms with van der Waals surface area (Å²) in [6, 6.07) is 0.216. The van der Waals surface area contributed by atoms with Crippen molar-refractivity contribution in [1.29, 1.82) is 0 Å². The van der Waals surface area contributed by atoms with Crippen LogP contribution in [0.3, 0.4) is 0 Å². The van der Waals surface area contributed by atoms with Gasteiger partial charge in [0.25, 0.3) is 0 Å². The number of hydrazine groups is 2. The molecule has 31 heavy (non-hydrogen) atoms. The number of rotatable bonds is 8. The van der Waals surface area contributed by atoms with Gasteiger partial charge in [0, 0.05) is 53.0 Å². The number of fused-ring (bicyclic) bond motifs is 1. The van der Waals surface area contributed by atoms with Crippen LogP contribution in [-0.4, -0.2) is 102 Å². The van der Waals surface area contributed by atoms with Gasteiger partial charge in [-0.05, 0) is 44.1 Å². The lowest BCUT2D eigenvalue weighted by Crippen LogP contribution is -2.56. The van der Waals surface area contributed by atoms with E-state index < -0.39 is 15.3 Å². The predicted octanol–water partition coefficient (Wildman–Crippen LogP) is -0.931. The highest BCUT2D eigenvalue weighted by Crippen LogP contribution is 2.31. The third kappa shape index (κ3) is 5.25. The Labute approximate surface area is 186 Å². The molecular formula is C20H40N6O4S. The molecule has 3 aliphatic heterocycles. The Bertz CT molecular complexity index is 695. The van der Waals surface area contributed by atoms with Gasteiger partial charge in [0.05, 0.1) is 18.9 Å². The fraction of sp³-hybridized carbons (Fsp3) is 1.00. The average molecular weight is 461 g/mol. The van der Waals surface area contributed by atoms with Crippen molar-refractivity contribution in [2.75, 3.05) is 54.1 Å². The van der Waals surface area contributed by atoms with Gasteiger partial charge in [-0.3, -0.25) is 10.9 Å². The Morgan fingerprint density at radius 2 is 2.00 bits per heavy atom. The fourth-order valence-electron chi connectivity index (χ4n) is 5.95. The summed E-state index contributed by atoms with van der Waals surface area (Å²) in [5.41, 5.74) is 6.72. The summed E-state index contributed by atoms with van der Waals surface area (Å²) in [4.78, 5) is 0. The van der Waals surface area contributed by atoms with Gasteiger partial charge in [0.1, 0.15) is 5.25 Å². The van der Waals surface area contributed by atoms with Crippen molar-refractivity contribution < 1.29 is 17.9 Å². The number of nitrogens with zero attached hydrogens (tertiary/aromatic N) is 2. The SMILES string of the molecule is COC[C@H](OC)C1CCNC(N2CC(S(=O)(=O)NC3CCCC4CNN(C)C43)CN2)C1. The summed E-state index contributed by atoms with van der Waals surface area (Å²) in [5, 5.41) is 7.26. The van der Waals surface area contributed by atoms with Crippen LogP contribution in [0.2, 0.25) is 0 Å². The topological polar surface area (TPSA) is 107 Å². The molecule has 10 nitrogen and oxygen atoms in total. The van der Waals surface area contributed by atoms with Crippen LogP contribution in [-0.2, 0) is 19.5 Å². The van der Waals surface area contributed by atoms with Crippen molar-refractivity contribution in [3.05, 3.63) is 0 Å².